The monoisotopic (exact) mass is 389 g/mol. The summed E-state index contributed by atoms with van der Waals surface area (Å²) in [5.41, 5.74) is 7.28. The zero-order valence-electron chi connectivity index (χ0n) is 12.3. The summed E-state index contributed by atoms with van der Waals surface area (Å²) in [6, 6.07) is 5.89. The molecule has 0 atom stereocenters. The molecule has 0 aromatic heterocycles. The van der Waals surface area contributed by atoms with E-state index in [1.807, 2.05) is 0 Å². The summed E-state index contributed by atoms with van der Waals surface area (Å²) < 4.78 is 0. The molecule has 0 bridgehead atoms. The van der Waals surface area contributed by atoms with Crippen LogP contribution in [0.4, 0.5) is 0 Å². The molecular formula is C15H21Cl2SiZr. The molecule has 1 aliphatic carbocycles. The zero-order chi connectivity index (χ0) is 14.6. The van der Waals surface area contributed by atoms with E-state index in [9.17, 15) is 0 Å². The Balaban J connectivity index is 0.000000550. The van der Waals surface area contributed by atoms with Gasteiger partial charge in [0.05, 0.1) is 0 Å². The molecule has 1 aromatic carbocycles. The van der Waals surface area contributed by atoms with E-state index in [0.717, 1.165) is 0 Å². The van der Waals surface area contributed by atoms with Gasteiger partial charge in [0.15, 0.2) is 0 Å². The van der Waals surface area contributed by atoms with Crippen LogP contribution in [0.3, 0.4) is 0 Å². The Morgan fingerprint density at radius 2 is 1.63 bits per heavy atom. The first-order chi connectivity index (χ1) is 8.78. The second-order valence-corrected chi connectivity index (χ2v) is 15.4. The quantitative estimate of drug-likeness (QED) is 0.562. The molecule has 2 rings (SSSR count). The number of benzene rings is 1. The molecule has 0 aliphatic heterocycles. The Morgan fingerprint density at radius 3 is 2.16 bits per heavy atom. The van der Waals surface area contributed by atoms with Crippen LogP contribution in [0.25, 0.3) is 6.08 Å². The molecule has 0 nitrogen and oxygen atoms in total. The first kappa shape index (κ1) is 17.7. The van der Waals surface area contributed by atoms with E-state index in [2.05, 4.69) is 58.1 Å². The van der Waals surface area contributed by atoms with Gasteiger partial charge in [0.1, 0.15) is 0 Å². The maximum atomic E-state index is 4.93. The van der Waals surface area contributed by atoms with Crippen molar-refractivity contribution in [3.8, 4) is 0 Å². The van der Waals surface area contributed by atoms with Crippen LogP contribution in [0, 0.1) is 13.3 Å². The van der Waals surface area contributed by atoms with Crippen LogP contribution in [0.1, 0.15) is 29.2 Å². The van der Waals surface area contributed by atoms with Gasteiger partial charge >= 0.3 is 37.9 Å². The fourth-order valence-electron chi connectivity index (χ4n) is 2.38. The van der Waals surface area contributed by atoms with Crippen LogP contribution in [-0.4, -0.2) is 8.07 Å². The molecule has 1 aromatic rings. The zero-order valence-corrected chi connectivity index (χ0v) is 17.2. The average molecular weight is 392 g/mol. The number of aryl methyl sites for hydroxylation is 1. The van der Waals surface area contributed by atoms with Crippen molar-refractivity contribution in [3.05, 3.63) is 46.4 Å². The van der Waals surface area contributed by atoms with Gasteiger partial charge in [-0.1, -0.05) is 43.4 Å². The Hall–Kier alpha value is 0.640. The third-order valence-corrected chi connectivity index (χ3v) is 4.50. The molecule has 1 radical (unpaired) electrons. The molecule has 19 heavy (non-hydrogen) atoms. The van der Waals surface area contributed by atoms with Gasteiger partial charge < -0.3 is 0 Å². The molecule has 0 heterocycles. The summed E-state index contributed by atoms with van der Waals surface area (Å²) in [4.78, 5) is 0. The predicted molar refractivity (Wildman–Crippen MR) is 87.0 cm³/mol. The molecule has 4 heteroatoms. The molecule has 0 saturated heterocycles. The number of halogens is 2. The van der Waals surface area contributed by atoms with E-state index >= 15 is 0 Å². The van der Waals surface area contributed by atoms with Gasteiger partial charge in [-0.3, -0.25) is 0 Å². The summed E-state index contributed by atoms with van der Waals surface area (Å²) in [6.45, 7) is 11.7. The molecule has 103 valence electrons. The van der Waals surface area contributed by atoms with Crippen molar-refractivity contribution in [2.24, 2.45) is 0 Å². The van der Waals surface area contributed by atoms with Gasteiger partial charge in [0.2, 0.25) is 0 Å². The van der Waals surface area contributed by atoms with Gasteiger partial charge in [-0.15, -0.1) is 0 Å². The van der Waals surface area contributed by atoms with E-state index in [1.165, 1.54) is 28.3 Å². The first-order valence-electron chi connectivity index (χ1n) is 6.40. The first-order valence-corrected chi connectivity index (χ1v) is 16.4. The number of hydrogen-bond acceptors (Lipinski definition) is 0. The number of rotatable bonds is 2. The topological polar surface area (TPSA) is 0 Å². The molecule has 0 amide bonds. The minimum atomic E-state index is -1.02. The second-order valence-electron chi connectivity index (χ2n) is 6.21. The van der Waals surface area contributed by atoms with Crippen molar-refractivity contribution in [1.29, 1.82) is 0 Å². The molecule has 0 saturated carbocycles. The van der Waals surface area contributed by atoms with Gasteiger partial charge in [-0.05, 0) is 42.1 Å². The molecule has 0 N–H and O–H groups in total. The SMILES string of the molecule is CC1=Cc2c(C[Si](C)(C)C)ccc(C)c2[CH]1.[Cl][Zr][Cl]. The van der Waals surface area contributed by atoms with E-state index in [0.29, 0.717) is 0 Å². The number of allylic oxidation sites excluding steroid dienone is 1. The van der Waals surface area contributed by atoms with Crippen LogP contribution < -0.4 is 0 Å². The van der Waals surface area contributed by atoms with Gasteiger partial charge in [0, 0.05) is 14.5 Å². The van der Waals surface area contributed by atoms with E-state index in [4.69, 9.17) is 17.0 Å². The summed E-state index contributed by atoms with van der Waals surface area (Å²) in [5.74, 6) is 0. The van der Waals surface area contributed by atoms with Crippen LogP contribution in [0.5, 0.6) is 0 Å². The third kappa shape index (κ3) is 5.50. The standard InChI is InChI=1S/C15H21Si.2ClH.Zr/c1-11-8-14-12(2)6-7-13(15(14)9-11)10-16(3,4)5;;;/h6-9H,10H2,1-5H3;2*1H;/q;;;+2/p-2. The van der Waals surface area contributed by atoms with E-state index in [1.54, 1.807) is 5.56 Å². The summed E-state index contributed by atoms with van der Waals surface area (Å²) in [7, 11) is 8.84. The Labute approximate surface area is 137 Å². The number of hydrogen-bond donors (Lipinski definition) is 0. The van der Waals surface area contributed by atoms with Crippen molar-refractivity contribution in [2.45, 2.75) is 39.5 Å². The minimum absolute atomic E-state index is 0.826. The van der Waals surface area contributed by atoms with Gasteiger partial charge in [-0.2, -0.15) is 0 Å². The van der Waals surface area contributed by atoms with Crippen LogP contribution >= 0.6 is 17.0 Å². The average Bonchev–Trinajstić information content (AvgIpc) is 2.65. The molecule has 1 aliphatic rings. The van der Waals surface area contributed by atoms with Crippen molar-refractivity contribution in [1.82, 2.24) is 0 Å². The maximum absolute atomic E-state index is 4.93. The Bertz CT molecular complexity index is 476. The van der Waals surface area contributed by atoms with Gasteiger partial charge in [-0.25, -0.2) is 0 Å². The van der Waals surface area contributed by atoms with Crippen molar-refractivity contribution < 1.29 is 20.8 Å². The van der Waals surface area contributed by atoms with Crippen molar-refractivity contribution in [2.75, 3.05) is 0 Å². The van der Waals surface area contributed by atoms with Crippen LogP contribution in [0.15, 0.2) is 17.7 Å². The summed E-state index contributed by atoms with van der Waals surface area (Å²) in [6.07, 6.45) is 4.66. The Kier molecular flexibility index (Phi) is 7.07. The molecular weight excluding hydrogens is 370 g/mol. The van der Waals surface area contributed by atoms with E-state index in [-0.39, 0.29) is 0 Å². The summed E-state index contributed by atoms with van der Waals surface area (Å²) in [5, 5.41) is 0. The van der Waals surface area contributed by atoms with Crippen LogP contribution in [0.2, 0.25) is 19.6 Å². The van der Waals surface area contributed by atoms with Crippen LogP contribution in [-0.2, 0) is 26.9 Å². The third-order valence-electron chi connectivity index (χ3n) is 3.06. The summed E-state index contributed by atoms with van der Waals surface area (Å²) >= 11 is -0.826. The molecule has 0 unspecified atom stereocenters. The normalized spacial score (nSPS) is 13.3. The van der Waals surface area contributed by atoms with Crippen molar-refractivity contribution >= 4 is 31.2 Å². The second kappa shape index (κ2) is 7.59. The molecule has 0 fully saturated rings. The fourth-order valence-corrected chi connectivity index (χ4v) is 3.83. The Morgan fingerprint density at radius 1 is 1.05 bits per heavy atom. The van der Waals surface area contributed by atoms with E-state index < -0.39 is 28.9 Å². The predicted octanol–water partition coefficient (Wildman–Crippen LogP) is 5.76. The molecule has 0 spiro atoms. The fraction of sp³-hybridized carbons (Fsp3) is 0.400. The van der Waals surface area contributed by atoms with Crippen molar-refractivity contribution in [3.63, 3.8) is 0 Å². The van der Waals surface area contributed by atoms with Gasteiger partial charge in [0.25, 0.3) is 0 Å². The number of fused-ring (bicyclic) bond motifs is 1.